The van der Waals surface area contributed by atoms with Crippen LogP contribution in [0.15, 0.2) is 76.5 Å². The van der Waals surface area contributed by atoms with Crippen LogP contribution in [0.1, 0.15) is 5.56 Å². The van der Waals surface area contributed by atoms with Crippen molar-refractivity contribution in [3.63, 3.8) is 0 Å². The topological polar surface area (TPSA) is 102 Å². The minimum atomic E-state index is -4.11. The van der Waals surface area contributed by atoms with E-state index < -0.39 is 25.9 Å². The molecule has 158 valence electrons. The molecule has 0 saturated carbocycles. The number of nitrogens with one attached hydrogen (secondary N) is 2. The lowest BCUT2D eigenvalue weighted by Crippen LogP contribution is -2.16. The fraction of sp³-hybridized carbons (Fsp3) is 0.100. The molecule has 0 aliphatic rings. The van der Waals surface area contributed by atoms with Crippen LogP contribution >= 0.6 is 0 Å². The van der Waals surface area contributed by atoms with E-state index in [0.29, 0.717) is 17.0 Å². The van der Waals surface area contributed by atoms with Gasteiger partial charge in [-0.1, -0.05) is 12.1 Å². The summed E-state index contributed by atoms with van der Waals surface area (Å²) in [6.07, 6.45) is 0. The molecule has 2 N–H and O–H groups in total. The van der Waals surface area contributed by atoms with Crippen molar-refractivity contribution >= 4 is 31.4 Å². The highest BCUT2D eigenvalue weighted by Gasteiger charge is 2.20. The second-order valence-electron chi connectivity index (χ2n) is 6.37. The van der Waals surface area contributed by atoms with E-state index in [4.69, 9.17) is 4.74 Å². The van der Waals surface area contributed by atoms with Gasteiger partial charge in [-0.05, 0) is 67.1 Å². The van der Waals surface area contributed by atoms with Crippen molar-refractivity contribution in [2.24, 2.45) is 0 Å². The first-order valence-electron chi connectivity index (χ1n) is 8.67. The van der Waals surface area contributed by atoms with Gasteiger partial charge in [-0.25, -0.2) is 21.2 Å². The molecule has 0 aromatic heterocycles. The van der Waals surface area contributed by atoms with Gasteiger partial charge in [-0.15, -0.1) is 0 Å². The average Bonchev–Trinajstić information content (AvgIpc) is 2.69. The van der Waals surface area contributed by atoms with Crippen molar-refractivity contribution in [2.75, 3.05) is 16.6 Å². The van der Waals surface area contributed by atoms with Crippen LogP contribution in [0.2, 0.25) is 0 Å². The number of aryl methyl sites for hydroxylation is 1. The zero-order chi connectivity index (χ0) is 21.9. The third-order valence-electron chi connectivity index (χ3n) is 4.21. The summed E-state index contributed by atoms with van der Waals surface area (Å²) in [5.74, 6) is -0.128. The Balaban J connectivity index is 1.90. The van der Waals surface area contributed by atoms with E-state index >= 15 is 0 Å². The number of anilines is 2. The van der Waals surface area contributed by atoms with Gasteiger partial charge in [0.05, 0.1) is 22.6 Å². The number of hydrogen-bond donors (Lipinski definition) is 2. The van der Waals surface area contributed by atoms with Gasteiger partial charge in [-0.3, -0.25) is 9.44 Å². The smallest absolute Gasteiger partial charge is 0.262 e. The Kier molecular flexibility index (Phi) is 5.99. The molecule has 3 rings (SSSR count). The van der Waals surface area contributed by atoms with E-state index in [0.717, 1.165) is 12.1 Å². The van der Waals surface area contributed by atoms with Crippen molar-refractivity contribution in [2.45, 2.75) is 16.7 Å². The minimum Gasteiger partial charge on any atom is -0.497 e. The van der Waals surface area contributed by atoms with Crippen LogP contribution in [0.25, 0.3) is 0 Å². The van der Waals surface area contributed by atoms with Crippen molar-refractivity contribution in [1.82, 2.24) is 0 Å². The Bertz CT molecular complexity index is 1270. The minimum absolute atomic E-state index is 0.0665. The summed E-state index contributed by atoms with van der Waals surface area (Å²) in [4.78, 5) is -0.410. The SMILES string of the molecule is COc1ccc(NS(=O)(=O)c2ccc(C)c(NS(=O)(=O)c3cccc(F)c3)c2)cc1. The fourth-order valence-electron chi connectivity index (χ4n) is 2.59. The molecular formula is C20H19FN2O5S2. The first-order valence-corrected chi connectivity index (χ1v) is 11.6. The van der Waals surface area contributed by atoms with Crippen LogP contribution in [-0.4, -0.2) is 23.9 Å². The number of ether oxygens (including phenoxy) is 1. The first kappa shape index (κ1) is 21.6. The van der Waals surface area contributed by atoms with Crippen molar-refractivity contribution in [3.05, 3.63) is 78.1 Å². The number of halogens is 1. The van der Waals surface area contributed by atoms with Crippen molar-refractivity contribution < 1.29 is 26.0 Å². The van der Waals surface area contributed by atoms with Gasteiger partial charge in [-0.2, -0.15) is 0 Å². The lowest BCUT2D eigenvalue weighted by Gasteiger charge is -2.14. The van der Waals surface area contributed by atoms with Crippen LogP contribution in [0.3, 0.4) is 0 Å². The molecule has 3 aromatic rings. The van der Waals surface area contributed by atoms with Gasteiger partial charge in [0.1, 0.15) is 11.6 Å². The van der Waals surface area contributed by atoms with Crippen LogP contribution in [-0.2, 0) is 20.0 Å². The van der Waals surface area contributed by atoms with Crippen LogP contribution < -0.4 is 14.2 Å². The van der Waals surface area contributed by atoms with Gasteiger partial charge in [0.15, 0.2) is 0 Å². The molecule has 0 aliphatic heterocycles. The predicted molar refractivity (Wildman–Crippen MR) is 112 cm³/mol. The standard InChI is InChI=1S/C20H19FN2O5S2/c1-14-6-11-19(29(24,25)22-16-7-9-17(28-2)10-8-16)13-20(14)23-30(26,27)18-5-3-4-15(21)12-18/h3-13,22-23H,1-2H3. The Morgan fingerprint density at radius 1 is 0.800 bits per heavy atom. The summed E-state index contributed by atoms with van der Waals surface area (Å²) in [6.45, 7) is 1.62. The Morgan fingerprint density at radius 3 is 2.07 bits per heavy atom. The summed E-state index contributed by atoms with van der Waals surface area (Å²) < 4.78 is 73.8. The van der Waals surface area contributed by atoms with Crippen molar-refractivity contribution in [1.29, 1.82) is 0 Å². The molecular weight excluding hydrogens is 431 g/mol. The summed E-state index contributed by atoms with van der Waals surface area (Å²) in [7, 11) is -6.59. The molecule has 0 bridgehead atoms. The maximum absolute atomic E-state index is 13.4. The quantitative estimate of drug-likeness (QED) is 0.571. The number of methoxy groups -OCH3 is 1. The maximum atomic E-state index is 13.4. The second kappa shape index (κ2) is 8.33. The van der Waals surface area contributed by atoms with Crippen molar-refractivity contribution in [3.8, 4) is 5.75 Å². The van der Waals surface area contributed by atoms with Gasteiger partial charge < -0.3 is 4.74 Å². The lowest BCUT2D eigenvalue weighted by molar-refractivity contribution is 0.415. The zero-order valence-electron chi connectivity index (χ0n) is 16.1. The molecule has 0 unspecified atom stereocenters. The monoisotopic (exact) mass is 450 g/mol. The van der Waals surface area contributed by atoms with E-state index in [2.05, 4.69) is 9.44 Å². The third-order valence-corrected chi connectivity index (χ3v) is 6.95. The fourth-order valence-corrected chi connectivity index (χ4v) is 4.83. The number of sulfonamides is 2. The normalized spacial score (nSPS) is 11.7. The molecule has 0 aliphatic carbocycles. The molecule has 7 nitrogen and oxygen atoms in total. The van der Waals surface area contributed by atoms with Crippen LogP contribution in [0.5, 0.6) is 5.75 Å². The van der Waals surface area contributed by atoms with E-state index in [9.17, 15) is 21.2 Å². The van der Waals surface area contributed by atoms with Crippen LogP contribution in [0, 0.1) is 12.7 Å². The Labute approximate surface area is 174 Å². The first-order chi connectivity index (χ1) is 14.1. The van der Waals surface area contributed by atoms with E-state index in [1.54, 1.807) is 19.1 Å². The largest absolute Gasteiger partial charge is 0.497 e. The molecule has 0 amide bonds. The van der Waals surface area contributed by atoms with E-state index in [-0.39, 0.29) is 15.5 Å². The van der Waals surface area contributed by atoms with Gasteiger partial charge in [0.25, 0.3) is 20.0 Å². The molecule has 0 spiro atoms. The van der Waals surface area contributed by atoms with Gasteiger partial charge in [0.2, 0.25) is 0 Å². The summed E-state index contributed by atoms with van der Waals surface area (Å²) in [6, 6.07) is 14.9. The van der Waals surface area contributed by atoms with E-state index in [1.807, 2.05) is 0 Å². The molecule has 0 heterocycles. The Hall–Kier alpha value is -3.11. The number of benzene rings is 3. The molecule has 0 fully saturated rings. The molecule has 0 saturated heterocycles. The summed E-state index contributed by atoms with van der Waals surface area (Å²) in [5, 5.41) is 0. The second-order valence-corrected chi connectivity index (χ2v) is 9.74. The summed E-state index contributed by atoms with van der Waals surface area (Å²) >= 11 is 0. The number of hydrogen-bond acceptors (Lipinski definition) is 5. The molecule has 0 atom stereocenters. The molecule has 10 heteroatoms. The summed E-state index contributed by atoms with van der Waals surface area (Å²) in [5.41, 5.74) is 0.883. The highest BCUT2D eigenvalue weighted by Crippen LogP contribution is 2.25. The Morgan fingerprint density at radius 2 is 1.43 bits per heavy atom. The maximum Gasteiger partial charge on any atom is 0.262 e. The zero-order valence-corrected chi connectivity index (χ0v) is 17.7. The molecule has 3 aromatic carbocycles. The average molecular weight is 451 g/mol. The lowest BCUT2D eigenvalue weighted by atomic mass is 10.2. The van der Waals surface area contributed by atoms with Crippen LogP contribution in [0.4, 0.5) is 15.8 Å². The molecule has 0 radical (unpaired) electrons. The molecule has 30 heavy (non-hydrogen) atoms. The third kappa shape index (κ3) is 4.89. The van der Waals surface area contributed by atoms with Gasteiger partial charge >= 0.3 is 0 Å². The number of rotatable bonds is 7. The highest BCUT2D eigenvalue weighted by atomic mass is 32.2. The highest BCUT2D eigenvalue weighted by molar-refractivity contribution is 7.93. The van der Waals surface area contributed by atoms with Gasteiger partial charge in [0, 0.05) is 5.69 Å². The van der Waals surface area contributed by atoms with E-state index in [1.165, 1.54) is 49.6 Å². The predicted octanol–water partition coefficient (Wildman–Crippen LogP) is 3.74.